The number of nitrogens with one attached hydrogen (secondary N) is 1. The number of aromatic nitrogens is 2. The van der Waals surface area contributed by atoms with Gasteiger partial charge in [-0.05, 0) is 50.8 Å². The van der Waals surface area contributed by atoms with Gasteiger partial charge in [-0.1, -0.05) is 11.6 Å². The van der Waals surface area contributed by atoms with Crippen LogP contribution in [0.15, 0.2) is 30.6 Å². The van der Waals surface area contributed by atoms with Crippen molar-refractivity contribution in [3.8, 4) is 17.0 Å². The van der Waals surface area contributed by atoms with Crippen molar-refractivity contribution in [3.63, 3.8) is 0 Å². The average Bonchev–Trinajstić information content (AvgIpc) is 2.57. The molecule has 24 heavy (non-hydrogen) atoms. The molecule has 6 heteroatoms. The van der Waals surface area contributed by atoms with E-state index in [4.69, 9.17) is 16.3 Å². The number of ether oxygens (including phenoxy) is 1. The largest absolute Gasteiger partial charge is 0.494 e. The number of nitrogens with zero attached hydrogens (tertiary/aromatic N) is 2. The maximum Gasteiger partial charge on any atom is 0.145 e. The predicted octanol–water partition coefficient (Wildman–Crippen LogP) is 3.91. The van der Waals surface area contributed by atoms with Gasteiger partial charge in [0, 0.05) is 29.7 Å². The summed E-state index contributed by atoms with van der Waals surface area (Å²) in [5, 5.41) is 14.1. The number of pyridine rings is 2. The summed E-state index contributed by atoms with van der Waals surface area (Å²) in [4.78, 5) is 8.64. The van der Waals surface area contributed by atoms with Crippen molar-refractivity contribution >= 4 is 17.3 Å². The van der Waals surface area contributed by atoms with Gasteiger partial charge in [0.25, 0.3) is 0 Å². The topological polar surface area (TPSA) is 67.3 Å². The molecule has 0 spiro atoms. The standard InChI is InChI=1S/C18H22ClN3O2/c1-18(23)7-5-12(6-8-18)22-14-10-16(19)21-11-13(14)17-15(24-2)4-3-9-20-17/h3-4,9-12,23H,5-8H2,1-2H3,(H,21,22). The van der Waals surface area contributed by atoms with Gasteiger partial charge in [-0.15, -0.1) is 0 Å². The van der Waals surface area contributed by atoms with Crippen molar-refractivity contribution in [2.45, 2.75) is 44.2 Å². The van der Waals surface area contributed by atoms with Crippen molar-refractivity contribution in [2.24, 2.45) is 0 Å². The molecule has 1 aliphatic rings. The SMILES string of the molecule is COc1cccnc1-c1cnc(Cl)cc1NC1CCC(C)(O)CC1. The van der Waals surface area contributed by atoms with Crippen molar-refractivity contribution in [1.29, 1.82) is 0 Å². The van der Waals surface area contributed by atoms with E-state index in [0.717, 1.165) is 42.6 Å². The predicted molar refractivity (Wildman–Crippen MR) is 95.5 cm³/mol. The third kappa shape index (κ3) is 3.79. The van der Waals surface area contributed by atoms with Gasteiger partial charge >= 0.3 is 0 Å². The summed E-state index contributed by atoms with van der Waals surface area (Å²) in [6.45, 7) is 1.90. The third-order valence-electron chi connectivity index (χ3n) is 4.54. The molecular formula is C18H22ClN3O2. The van der Waals surface area contributed by atoms with Crippen LogP contribution in [-0.2, 0) is 0 Å². The molecule has 0 aromatic carbocycles. The Bertz CT molecular complexity index is 711. The van der Waals surface area contributed by atoms with Crippen LogP contribution in [0, 0.1) is 0 Å². The summed E-state index contributed by atoms with van der Waals surface area (Å²) >= 11 is 6.10. The highest BCUT2D eigenvalue weighted by Crippen LogP contribution is 2.36. The van der Waals surface area contributed by atoms with E-state index in [1.165, 1.54) is 0 Å². The van der Waals surface area contributed by atoms with E-state index < -0.39 is 5.60 Å². The monoisotopic (exact) mass is 347 g/mol. The van der Waals surface area contributed by atoms with E-state index >= 15 is 0 Å². The second-order valence-electron chi connectivity index (χ2n) is 6.52. The van der Waals surface area contributed by atoms with E-state index in [9.17, 15) is 5.11 Å². The molecule has 0 atom stereocenters. The average molecular weight is 348 g/mol. The van der Waals surface area contributed by atoms with Crippen LogP contribution in [0.2, 0.25) is 5.15 Å². The molecule has 2 aromatic heterocycles. The summed E-state index contributed by atoms with van der Waals surface area (Å²) in [6, 6.07) is 5.82. The zero-order valence-corrected chi connectivity index (χ0v) is 14.7. The minimum atomic E-state index is -0.554. The van der Waals surface area contributed by atoms with Crippen molar-refractivity contribution < 1.29 is 9.84 Å². The molecule has 5 nitrogen and oxygen atoms in total. The minimum Gasteiger partial charge on any atom is -0.494 e. The Morgan fingerprint density at radius 2 is 2.08 bits per heavy atom. The Morgan fingerprint density at radius 1 is 1.33 bits per heavy atom. The molecule has 0 radical (unpaired) electrons. The molecular weight excluding hydrogens is 326 g/mol. The first-order valence-electron chi connectivity index (χ1n) is 8.12. The lowest BCUT2D eigenvalue weighted by atomic mass is 9.83. The fourth-order valence-corrected chi connectivity index (χ4v) is 3.26. The van der Waals surface area contributed by atoms with Gasteiger partial charge in [0.05, 0.1) is 12.7 Å². The van der Waals surface area contributed by atoms with Crippen molar-refractivity contribution in [2.75, 3.05) is 12.4 Å². The molecule has 3 rings (SSSR count). The van der Waals surface area contributed by atoms with Gasteiger partial charge in [-0.25, -0.2) is 4.98 Å². The van der Waals surface area contributed by atoms with Gasteiger partial charge in [-0.2, -0.15) is 0 Å². The number of anilines is 1. The molecule has 2 heterocycles. The highest BCUT2D eigenvalue weighted by molar-refractivity contribution is 6.29. The van der Waals surface area contributed by atoms with Crippen LogP contribution in [0.5, 0.6) is 5.75 Å². The van der Waals surface area contributed by atoms with Crippen LogP contribution in [0.25, 0.3) is 11.3 Å². The number of hydrogen-bond donors (Lipinski definition) is 2. The summed E-state index contributed by atoms with van der Waals surface area (Å²) in [6.07, 6.45) is 6.83. The molecule has 1 aliphatic carbocycles. The van der Waals surface area contributed by atoms with E-state index in [1.54, 1.807) is 19.5 Å². The molecule has 0 bridgehead atoms. The zero-order valence-electron chi connectivity index (χ0n) is 13.9. The highest BCUT2D eigenvalue weighted by atomic mass is 35.5. The molecule has 1 saturated carbocycles. The van der Waals surface area contributed by atoms with Crippen LogP contribution in [-0.4, -0.2) is 33.8 Å². The van der Waals surface area contributed by atoms with E-state index in [2.05, 4.69) is 15.3 Å². The van der Waals surface area contributed by atoms with Crippen LogP contribution >= 0.6 is 11.6 Å². The molecule has 0 amide bonds. The Labute approximate surface area is 147 Å². The fraction of sp³-hybridized carbons (Fsp3) is 0.444. The molecule has 0 saturated heterocycles. The van der Waals surface area contributed by atoms with Gasteiger partial charge in [-0.3, -0.25) is 4.98 Å². The van der Waals surface area contributed by atoms with Gasteiger partial charge < -0.3 is 15.2 Å². The maximum absolute atomic E-state index is 10.1. The molecule has 2 aromatic rings. The number of methoxy groups -OCH3 is 1. The highest BCUT2D eigenvalue weighted by Gasteiger charge is 2.29. The van der Waals surface area contributed by atoms with Crippen LogP contribution in [0.4, 0.5) is 5.69 Å². The number of aliphatic hydroxyl groups is 1. The molecule has 2 N–H and O–H groups in total. The van der Waals surface area contributed by atoms with Gasteiger partial charge in [0.2, 0.25) is 0 Å². The number of hydrogen-bond acceptors (Lipinski definition) is 5. The number of rotatable bonds is 4. The molecule has 0 unspecified atom stereocenters. The quantitative estimate of drug-likeness (QED) is 0.821. The Hall–Kier alpha value is -1.85. The lowest BCUT2D eigenvalue weighted by molar-refractivity contribution is 0.0196. The summed E-state index contributed by atoms with van der Waals surface area (Å²) < 4.78 is 5.42. The Morgan fingerprint density at radius 3 is 2.79 bits per heavy atom. The second kappa shape index (κ2) is 6.95. The normalized spacial score (nSPS) is 23.8. The smallest absolute Gasteiger partial charge is 0.145 e. The molecule has 0 aliphatic heterocycles. The lowest BCUT2D eigenvalue weighted by Gasteiger charge is -2.34. The fourth-order valence-electron chi connectivity index (χ4n) is 3.10. The summed E-state index contributed by atoms with van der Waals surface area (Å²) in [5.74, 6) is 0.691. The minimum absolute atomic E-state index is 0.289. The van der Waals surface area contributed by atoms with Gasteiger partial charge in [0.15, 0.2) is 0 Å². The van der Waals surface area contributed by atoms with Crippen LogP contribution < -0.4 is 10.1 Å². The van der Waals surface area contributed by atoms with Crippen molar-refractivity contribution in [1.82, 2.24) is 9.97 Å². The Kier molecular flexibility index (Phi) is 4.92. The summed E-state index contributed by atoms with van der Waals surface area (Å²) in [5.41, 5.74) is 1.92. The maximum atomic E-state index is 10.1. The van der Waals surface area contributed by atoms with E-state index in [1.807, 2.05) is 25.1 Å². The summed E-state index contributed by atoms with van der Waals surface area (Å²) in [7, 11) is 1.63. The lowest BCUT2D eigenvalue weighted by Crippen LogP contribution is -2.35. The zero-order chi connectivity index (χ0) is 17.2. The van der Waals surface area contributed by atoms with E-state index in [-0.39, 0.29) is 6.04 Å². The van der Waals surface area contributed by atoms with Crippen molar-refractivity contribution in [3.05, 3.63) is 35.7 Å². The van der Waals surface area contributed by atoms with E-state index in [0.29, 0.717) is 10.9 Å². The molecule has 1 fully saturated rings. The Balaban J connectivity index is 1.89. The molecule has 128 valence electrons. The van der Waals surface area contributed by atoms with Crippen LogP contribution in [0.1, 0.15) is 32.6 Å². The first-order chi connectivity index (χ1) is 11.5. The number of halogens is 1. The van der Waals surface area contributed by atoms with Crippen LogP contribution in [0.3, 0.4) is 0 Å². The second-order valence-corrected chi connectivity index (χ2v) is 6.91. The van der Waals surface area contributed by atoms with Gasteiger partial charge in [0.1, 0.15) is 16.6 Å². The first kappa shape index (κ1) is 17.0. The first-order valence-corrected chi connectivity index (χ1v) is 8.50. The third-order valence-corrected chi connectivity index (χ3v) is 4.75.